The summed E-state index contributed by atoms with van der Waals surface area (Å²) in [4.78, 5) is 14.6. The molecular formula is C33H21N3. The highest BCUT2D eigenvalue weighted by Crippen LogP contribution is 2.31. The van der Waals surface area contributed by atoms with Gasteiger partial charge in [0.25, 0.3) is 0 Å². The van der Waals surface area contributed by atoms with Gasteiger partial charge in [-0.15, -0.1) is 0 Å². The highest BCUT2D eigenvalue weighted by atomic mass is 14.7. The smallest absolute Gasteiger partial charge is 0.0795 e. The Hall–Kier alpha value is -4.89. The zero-order valence-electron chi connectivity index (χ0n) is 19.5. The lowest BCUT2D eigenvalue weighted by Crippen LogP contribution is -1.90. The van der Waals surface area contributed by atoms with Crippen molar-refractivity contribution >= 4 is 32.7 Å². The van der Waals surface area contributed by atoms with E-state index in [1.165, 1.54) is 0 Å². The highest BCUT2D eigenvalue weighted by Gasteiger charge is 2.09. The van der Waals surface area contributed by atoms with E-state index in [0.29, 0.717) is 0 Å². The summed E-state index contributed by atoms with van der Waals surface area (Å²) in [5.41, 5.74) is 9.24. The predicted octanol–water partition coefficient (Wildman–Crippen LogP) is 8.33. The van der Waals surface area contributed by atoms with Gasteiger partial charge in [0.2, 0.25) is 0 Å². The zero-order chi connectivity index (χ0) is 23.9. The van der Waals surface area contributed by atoms with Crippen molar-refractivity contribution < 1.29 is 0 Å². The minimum Gasteiger partial charge on any atom is -0.256 e. The molecule has 0 N–H and O–H groups in total. The second-order valence-electron chi connectivity index (χ2n) is 8.95. The van der Waals surface area contributed by atoms with Crippen LogP contribution in [-0.2, 0) is 0 Å². The minimum absolute atomic E-state index is 0.927. The third kappa shape index (κ3) is 3.58. The molecule has 3 heterocycles. The average molecular weight is 460 g/mol. The molecule has 0 fully saturated rings. The molecule has 3 heteroatoms. The van der Waals surface area contributed by atoms with Gasteiger partial charge in [-0.1, -0.05) is 91.0 Å². The molecule has 3 nitrogen and oxygen atoms in total. The Bertz CT molecular complexity index is 1890. The van der Waals surface area contributed by atoms with Crippen molar-refractivity contribution in [3.63, 3.8) is 0 Å². The molecule has 0 aliphatic rings. The largest absolute Gasteiger partial charge is 0.256 e. The van der Waals surface area contributed by atoms with Gasteiger partial charge in [0, 0.05) is 33.5 Å². The van der Waals surface area contributed by atoms with Crippen LogP contribution in [-0.4, -0.2) is 15.0 Å². The van der Waals surface area contributed by atoms with Crippen LogP contribution < -0.4 is 0 Å². The number of nitrogens with zero attached hydrogens (tertiary/aromatic N) is 3. The Balaban J connectivity index is 1.32. The van der Waals surface area contributed by atoms with E-state index in [2.05, 4.69) is 102 Å². The Morgan fingerprint density at radius 2 is 1.06 bits per heavy atom. The molecule has 168 valence electrons. The molecule has 4 aromatic carbocycles. The normalized spacial score (nSPS) is 11.3. The number of rotatable bonds is 3. The molecule has 0 spiro atoms. The quantitative estimate of drug-likeness (QED) is 0.267. The van der Waals surface area contributed by atoms with Crippen LogP contribution >= 0.6 is 0 Å². The second-order valence-corrected chi connectivity index (χ2v) is 8.95. The average Bonchev–Trinajstić information content (AvgIpc) is 2.96. The van der Waals surface area contributed by atoms with Crippen LogP contribution in [0.3, 0.4) is 0 Å². The van der Waals surface area contributed by atoms with Gasteiger partial charge >= 0.3 is 0 Å². The van der Waals surface area contributed by atoms with Gasteiger partial charge in [-0.2, -0.15) is 0 Å². The van der Waals surface area contributed by atoms with Crippen molar-refractivity contribution in [3.05, 3.63) is 128 Å². The minimum atomic E-state index is 0.927. The van der Waals surface area contributed by atoms with E-state index < -0.39 is 0 Å². The van der Waals surface area contributed by atoms with Crippen molar-refractivity contribution in [1.82, 2.24) is 15.0 Å². The van der Waals surface area contributed by atoms with Crippen molar-refractivity contribution in [2.75, 3.05) is 0 Å². The topological polar surface area (TPSA) is 38.7 Å². The molecular weight excluding hydrogens is 438 g/mol. The molecule has 0 saturated carbocycles. The van der Waals surface area contributed by atoms with Gasteiger partial charge in [0.05, 0.1) is 27.9 Å². The van der Waals surface area contributed by atoms with E-state index in [1.807, 2.05) is 30.5 Å². The van der Waals surface area contributed by atoms with Gasteiger partial charge in [-0.3, -0.25) is 4.98 Å². The maximum absolute atomic E-state index is 5.04. The fraction of sp³-hybridized carbons (Fsp3) is 0. The first kappa shape index (κ1) is 20.5. The van der Waals surface area contributed by atoms with Crippen LogP contribution in [0, 0.1) is 0 Å². The molecule has 0 aliphatic heterocycles. The van der Waals surface area contributed by atoms with Crippen molar-refractivity contribution in [2.24, 2.45) is 0 Å². The molecule has 0 atom stereocenters. The standard InChI is InChI=1S/C33H21N3/c1-2-6-22(7-3-1)29-17-15-23-11-13-26(20-31(23)35-29)27-14-12-24-16-18-30(36-32(24)21-27)28-10-4-8-25-9-5-19-34-33(25)28/h1-21H. The Morgan fingerprint density at radius 3 is 1.81 bits per heavy atom. The van der Waals surface area contributed by atoms with Crippen LogP contribution in [0.2, 0.25) is 0 Å². The van der Waals surface area contributed by atoms with Crippen molar-refractivity contribution in [2.45, 2.75) is 0 Å². The highest BCUT2D eigenvalue weighted by molar-refractivity contribution is 5.95. The summed E-state index contributed by atoms with van der Waals surface area (Å²) in [6.45, 7) is 0. The number of hydrogen-bond donors (Lipinski definition) is 0. The number of pyridine rings is 3. The third-order valence-electron chi connectivity index (χ3n) is 6.70. The number of aromatic nitrogens is 3. The molecule has 0 amide bonds. The van der Waals surface area contributed by atoms with Crippen LogP contribution in [0.4, 0.5) is 0 Å². The summed E-state index contributed by atoms with van der Waals surface area (Å²) in [5.74, 6) is 0. The molecule has 0 unspecified atom stereocenters. The summed E-state index contributed by atoms with van der Waals surface area (Å²) in [7, 11) is 0. The van der Waals surface area contributed by atoms with Gasteiger partial charge in [-0.05, 0) is 41.5 Å². The maximum Gasteiger partial charge on any atom is 0.0795 e. The Labute approximate surface area is 208 Å². The zero-order valence-corrected chi connectivity index (χ0v) is 19.5. The molecule has 7 aromatic rings. The van der Waals surface area contributed by atoms with Crippen LogP contribution in [0.15, 0.2) is 128 Å². The lowest BCUT2D eigenvalue weighted by atomic mass is 10.0. The summed E-state index contributed by atoms with van der Waals surface area (Å²) in [6.07, 6.45) is 1.84. The number of hydrogen-bond acceptors (Lipinski definition) is 3. The monoisotopic (exact) mass is 459 g/mol. The molecule has 3 aromatic heterocycles. The summed E-state index contributed by atoms with van der Waals surface area (Å²) in [5, 5.41) is 3.35. The van der Waals surface area contributed by atoms with E-state index >= 15 is 0 Å². The first-order valence-corrected chi connectivity index (χ1v) is 12.0. The van der Waals surface area contributed by atoms with E-state index in [-0.39, 0.29) is 0 Å². The third-order valence-corrected chi connectivity index (χ3v) is 6.70. The molecule has 0 saturated heterocycles. The van der Waals surface area contributed by atoms with Gasteiger partial charge in [0.15, 0.2) is 0 Å². The van der Waals surface area contributed by atoms with Crippen molar-refractivity contribution in [1.29, 1.82) is 0 Å². The second kappa shape index (κ2) is 8.40. The van der Waals surface area contributed by atoms with E-state index in [9.17, 15) is 0 Å². The molecule has 0 bridgehead atoms. The number of fused-ring (bicyclic) bond motifs is 3. The predicted molar refractivity (Wildman–Crippen MR) is 149 cm³/mol. The van der Waals surface area contributed by atoms with E-state index in [0.717, 1.165) is 66.4 Å². The SMILES string of the molecule is c1ccc(-c2ccc3ccc(-c4ccc5ccc(-c6cccc7cccnc67)nc5c4)cc3n2)cc1. The summed E-state index contributed by atoms with van der Waals surface area (Å²) < 4.78 is 0. The van der Waals surface area contributed by atoms with Gasteiger partial charge in [-0.25, -0.2) is 9.97 Å². The number of benzene rings is 4. The molecule has 0 aliphatic carbocycles. The van der Waals surface area contributed by atoms with E-state index in [4.69, 9.17) is 9.97 Å². The Morgan fingerprint density at radius 1 is 0.417 bits per heavy atom. The molecule has 36 heavy (non-hydrogen) atoms. The lowest BCUT2D eigenvalue weighted by Gasteiger charge is -2.09. The van der Waals surface area contributed by atoms with Crippen LogP contribution in [0.1, 0.15) is 0 Å². The van der Waals surface area contributed by atoms with Gasteiger partial charge in [0.1, 0.15) is 0 Å². The first-order chi connectivity index (χ1) is 17.8. The summed E-state index contributed by atoms with van der Waals surface area (Å²) in [6, 6.07) is 42.0. The van der Waals surface area contributed by atoms with Crippen molar-refractivity contribution in [3.8, 4) is 33.6 Å². The van der Waals surface area contributed by atoms with Crippen LogP contribution in [0.25, 0.3) is 66.4 Å². The fourth-order valence-corrected chi connectivity index (χ4v) is 4.82. The molecule has 0 radical (unpaired) electrons. The first-order valence-electron chi connectivity index (χ1n) is 12.0. The van der Waals surface area contributed by atoms with Gasteiger partial charge < -0.3 is 0 Å². The maximum atomic E-state index is 5.04. The summed E-state index contributed by atoms with van der Waals surface area (Å²) >= 11 is 0. The fourth-order valence-electron chi connectivity index (χ4n) is 4.82. The Kier molecular flexibility index (Phi) is 4.78. The van der Waals surface area contributed by atoms with E-state index in [1.54, 1.807) is 0 Å². The van der Waals surface area contributed by atoms with Crippen LogP contribution in [0.5, 0.6) is 0 Å². The molecule has 7 rings (SSSR count). The lowest BCUT2D eigenvalue weighted by molar-refractivity contribution is 1.37. The number of para-hydroxylation sites is 1.